The van der Waals surface area contributed by atoms with Crippen LogP contribution in [-0.4, -0.2) is 0 Å². The Morgan fingerprint density at radius 2 is 1.07 bits per heavy atom. The molecule has 30 heavy (non-hydrogen) atoms. The number of unbranched alkanes of at least 4 members (excludes halogenated alkanes) is 6. The van der Waals surface area contributed by atoms with Gasteiger partial charge in [-0.05, 0) is 71.8 Å². The Balaban J connectivity index is 1.48. The lowest BCUT2D eigenvalue weighted by Crippen LogP contribution is -1.85. The van der Waals surface area contributed by atoms with Crippen LogP contribution in [0.15, 0.2) is 35.0 Å². The van der Waals surface area contributed by atoms with Gasteiger partial charge in [0.25, 0.3) is 0 Å². The first kappa shape index (κ1) is 22.3. The smallest absolute Gasteiger partial charge is 0.0475 e. The molecule has 0 nitrogen and oxygen atoms in total. The number of rotatable bonds is 12. The monoisotopic (exact) mass is 472 g/mol. The quantitative estimate of drug-likeness (QED) is 0.180. The van der Waals surface area contributed by atoms with E-state index in [2.05, 4.69) is 48.9 Å². The standard InChI is InChI=1S/C26H32S4/c1-3-5-7-9-11-19-13-15-27-25(19)23-17-21-22(29-23)18-24(30-21)26-20(14-16-28-26)12-10-8-6-4-2/h13-18H,3-12H2,1-2H3. The van der Waals surface area contributed by atoms with Crippen LogP contribution in [0.4, 0.5) is 0 Å². The first-order valence-electron chi connectivity index (χ1n) is 11.5. The summed E-state index contributed by atoms with van der Waals surface area (Å²) >= 11 is 7.81. The summed E-state index contributed by atoms with van der Waals surface area (Å²) < 4.78 is 2.92. The Bertz CT molecular complexity index is 931. The van der Waals surface area contributed by atoms with Gasteiger partial charge in [0.1, 0.15) is 0 Å². The maximum atomic E-state index is 2.45. The summed E-state index contributed by atoms with van der Waals surface area (Å²) in [5.74, 6) is 0. The Morgan fingerprint density at radius 1 is 0.600 bits per heavy atom. The molecule has 0 radical (unpaired) electrons. The summed E-state index contributed by atoms with van der Waals surface area (Å²) in [6.07, 6.45) is 13.2. The Morgan fingerprint density at radius 3 is 1.50 bits per heavy atom. The van der Waals surface area contributed by atoms with Crippen LogP contribution >= 0.6 is 45.3 Å². The minimum Gasteiger partial charge on any atom is -0.143 e. The highest BCUT2D eigenvalue weighted by molar-refractivity contribution is 7.33. The van der Waals surface area contributed by atoms with Gasteiger partial charge < -0.3 is 0 Å². The van der Waals surface area contributed by atoms with Crippen LogP contribution in [0.3, 0.4) is 0 Å². The first-order valence-corrected chi connectivity index (χ1v) is 14.9. The molecule has 0 spiro atoms. The molecule has 0 amide bonds. The third-order valence-corrected chi connectivity index (χ3v) is 10.3. The summed E-state index contributed by atoms with van der Waals surface area (Å²) in [4.78, 5) is 5.95. The molecule has 0 saturated heterocycles. The van der Waals surface area contributed by atoms with Crippen LogP contribution in [0.25, 0.3) is 28.9 Å². The minimum absolute atomic E-state index is 1.23. The van der Waals surface area contributed by atoms with Crippen molar-refractivity contribution in [2.24, 2.45) is 0 Å². The first-order chi connectivity index (χ1) is 14.8. The summed E-state index contributed by atoms with van der Waals surface area (Å²) in [6, 6.07) is 9.59. The fourth-order valence-corrected chi connectivity index (χ4v) is 8.66. The van der Waals surface area contributed by atoms with Gasteiger partial charge in [0.05, 0.1) is 0 Å². The predicted molar refractivity (Wildman–Crippen MR) is 142 cm³/mol. The van der Waals surface area contributed by atoms with Gasteiger partial charge in [-0.15, -0.1) is 45.3 Å². The molecule has 0 aliphatic carbocycles. The molecule has 4 aromatic heterocycles. The van der Waals surface area contributed by atoms with Crippen molar-refractivity contribution in [2.45, 2.75) is 78.1 Å². The van der Waals surface area contributed by atoms with Crippen molar-refractivity contribution in [3.8, 4) is 19.5 Å². The van der Waals surface area contributed by atoms with Gasteiger partial charge in [0.2, 0.25) is 0 Å². The van der Waals surface area contributed by atoms with Crippen LogP contribution in [-0.2, 0) is 12.8 Å². The SMILES string of the molecule is CCCCCCc1ccsc1-c1cc2sc(-c3sccc3CCCCCC)cc2s1. The third kappa shape index (κ3) is 5.27. The van der Waals surface area contributed by atoms with Crippen molar-refractivity contribution in [3.05, 3.63) is 46.2 Å². The lowest BCUT2D eigenvalue weighted by atomic mass is 10.1. The van der Waals surface area contributed by atoms with E-state index < -0.39 is 0 Å². The number of aryl methyl sites for hydroxylation is 2. The molecule has 0 aliphatic rings. The highest BCUT2D eigenvalue weighted by Crippen LogP contribution is 2.45. The number of thiophene rings is 4. The molecule has 0 atom stereocenters. The van der Waals surface area contributed by atoms with Gasteiger partial charge in [0, 0.05) is 28.9 Å². The maximum absolute atomic E-state index is 2.45. The molecule has 0 bridgehead atoms. The zero-order valence-electron chi connectivity index (χ0n) is 18.2. The van der Waals surface area contributed by atoms with Crippen molar-refractivity contribution in [1.29, 1.82) is 0 Å². The summed E-state index contributed by atoms with van der Waals surface area (Å²) in [6.45, 7) is 4.57. The summed E-state index contributed by atoms with van der Waals surface area (Å²) in [5, 5.41) is 4.56. The Labute approximate surface area is 197 Å². The van der Waals surface area contributed by atoms with E-state index in [1.807, 2.05) is 45.3 Å². The molecule has 160 valence electrons. The van der Waals surface area contributed by atoms with Crippen molar-refractivity contribution < 1.29 is 0 Å². The van der Waals surface area contributed by atoms with Gasteiger partial charge in [-0.1, -0.05) is 52.4 Å². The van der Waals surface area contributed by atoms with Crippen LogP contribution < -0.4 is 0 Å². The minimum atomic E-state index is 1.23. The number of hydrogen-bond donors (Lipinski definition) is 0. The fourth-order valence-electron chi connectivity index (χ4n) is 4.04. The van der Waals surface area contributed by atoms with Gasteiger partial charge in [-0.3, -0.25) is 0 Å². The topological polar surface area (TPSA) is 0 Å². The zero-order chi connectivity index (χ0) is 20.8. The fraction of sp³-hybridized carbons (Fsp3) is 0.462. The molecular formula is C26H32S4. The van der Waals surface area contributed by atoms with Gasteiger partial charge in [-0.25, -0.2) is 0 Å². The number of fused-ring (bicyclic) bond motifs is 1. The highest BCUT2D eigenvalue weighted by atomic mass is 32.1. The van der Waals surface area contributed by atoms with E-state index in [4.69, 9.17) is 0 Å². The Kier molecular flexibility index (Phi) is 8.22. The van der Waals surface area contributed by atoms with Crippen molar-refractivity contribution >= 4 is 54.7 Å². The van der Waals surface area contributed by atoms with Gasteiger partial charge in [-0.2, -0.15) is 0 Å². The molecule has 0 aromatic carbocycles. The Hall–Kier alpha value is -0.940. The highest BCUT2D eigenvalue weighted by Gasteiger charge is 2.15. The van der Waals surface area contributed by atoms with Crippen LogP contribution in [0.5, 0.6) is 0 Å². The maximum Gasteiger partial charge on any atom is 0.0475 e. The van der Waals surface area contributed by atoms with E-state index in [1.165, 1.54) is 93.1 Å². The second-order valence-electron chi connectivity index (χ2n) is 8.12. The molecule has 0 saturated carbocycles. The molecule has 0 N–H and O–H groups in total. The van der Waals surface area contributed by atoms with E-state index in [0.717, 1.165) is 0 Å². The van der Waals surface area contributed by atoms with Crippen molar-refractivity contribution in [3.63, 3.8) is 0 Å². The molecule has 4 heteroatoms. The molecule has 4 aromatic rings. The molecule has 4 heterocycles. The van der Waals surface area contributed by atoms with Gasteiger partial charge in [0.15, 0.2) is 0 Å². The van der Waals surface area contributed by atoms with E-state index in [-0.39, 0.29) is 0 Å². The molecule has 4 rings (SSSR count). The van der Waals surface area contributed by atoms with Crippen LogP contribution in [0.1, 0.15) is 76.3 Å². The molecule has 0 aliphatic heterocycles. The summed E-state index contributed by atoms with van der Waals surface area (Å²) in [5.41, 5.74) is 3.11. The predicted octanol–water partition coefficient (Wildman–Crippen LogP) is 10.7. The normalized spacial score (nSPS) is 11.7. The second kappa shape index (κ2) is 11.1. The van der Waals surface area contributed by atoms with Gasteiger partial charge >= 0.3 is 0 Å². The average Bonchev–Trinajstić information content (AvgIpc) is 3.51. The third-order valence-electron chi connectivity index (χ3n) is 5.75. The lowest BCUT2D eigenvalue weighted by Gasteiger charge is -2.02. The molecule has 0 unspecified atom stereocenters. The summed E-state index contributed by atoms with van der Waals surface area (Å²) in [7, 11) is 0. The second-order valence-corrected chi connectivity index (χ2v) is 12.1. The van der Waals surface area contributed by atoms with E-state index in [9.17, 15) is 0 Å². The number of hydrogen-bond acceptors (Lipinski definition) is 4. The van der Waals surface area contributed by atoms with Crippen LogP contribution in [0.2, 0.25) is 0 Å². The van der Waals surface area contributed by atoms with E-state index >= 15 is 0 Å². The van der Waals surface area contributed by atoms with E-state index in [0.29, 0.717) is 0 Å². The van der Waals surface area contributed by atoms with E-state index in [1.54, 1.807) is 11.1 Å². The lowest BCUT2D eigenvalue weighted by molar-refractivity contribution is 0.668. The largest absolute Gasteiger partial charge is 0.143 e. The van der Waals surface area contributed by atoms with Crippen molar-refractivity contribution in [1.82, 2.24) is 0 Å². The zero-order valence-corrected chi connectivity index (χ0v) is 21.4. The average molecular weight is 473 g/mol. The molecule has 0 fully saturated rings. The van der Waals surface area contributed by atoms with Crippen molar-refractivity contribution in [2.75, 3.05) is 0 Å². The van der Waals surface area contributed by atoms with Crippen LogP contribution in [0, 0.1) is 0 Å². The molecular weight excluding hydrogens is 441 g/mol.